The van der Waals surface area contributed by atoms with Crippen LogP contribution in [0.3, 0.4) is 0 Å². The second-order valence-electron chi connectivity index (χ2n) is 14.0. The fourth-order valence-electron chi connectivity index (χ4n) is 7.30. The van der Waals surface area contributed by atoms with Crippen LogP contribution < -0.4 is 15.4 Å². The summed E-state index contributed by atoms with van der Waals surface area (Å²) in [6.45, 7) is 6.90. The molecule has 2 saturated heterocycles. The van der Waals surface area contributed by atoms with Gasteiger partial charge in [-0.3, -0.25) is 9.88 Å². The van der Waals surface area contributed by atoms with Gasteiger partial charge in [-0.2, -0.15) is 9.97 Å². The zero-order valence-corrected chi connectivity index (χ0v) is 27.3. The predicted molar refractivity (Wildman–Crippen MR) is 178 cm³/mol. The molecule has 1 amide bonds. The van der Waals surface area contributed by atoms with Crippen LogP contribution in [0.15, 0.2) is 42.6 Å². The zero-order chi connectivity index (χ0) is 32.2. The van der Waals surface area contributed by atoms with Crippen LogP contribution in [-0.2, 0) is 4.74 Å². The number of aromatic nitrogens is 3. The number of hydrogen-bond acceptors (Lipinski definition) is 8. The number of nitrogens with zero attached hydrogens (tertiary/aromatic N) is 5. The normalized spacial score (nSPS) is 21.2. The van der Waals surface area contributed by atoms with Gasteiger partial charge >= 0.3 is 12.1 Å². The first-order valence-corrected chi connectivity index (χ1v) is 16.6. The minimum absolute atomic E-state index is 0.0626. The summed E-state index contributed by atoms with van der Waals surface area (Å²) in [7, 11) is 0. The molecule has 4 heterocycles. The summed E-state index contributed by atoms with van der Waals surface area (Å²) < 4.78 is 28.7. The van der Waals surface area contributed by atoms with Crippen molar-refractivity contribution in [2.75, 3.05) is 24.6 Å². The average molecular weight is 647 g/mol. The van der Waals surface area contributed by atoms with E-state index in [0.29, 0.717) is 34.9 Å². The van der Waals surface area contributed by atoms with Crippen molar-refractivity contribution in [3.8, 4) is 17.3 Å². The molecule has 3 aliphatic rings. The molecule has 0 spiro atoms. The number of piperazine rings is 1. The van der Waals surface area contributed by atoms with Gasteiger partial charge in [0.15, 0.2) is 5.82 Å². The number of rotatable bonds is 5. The van der Waals surface area contributed by atoms with Gasteiger partial charge in [-0.05, 0) is 57.9 Å². The minimum Gasteiger partial charge on any atom is -0.461 e. The molecule has 3 fully saturated rings. The maximum Gasteiger partial charge on any atom is 0.410 e. The number of nitrogens with two attached hydrogens (primary N) is 1. The molecule has 1 aliphatic carbocycles. The van der Waals surface area contributed by atoms with E-state index < -0.39 is 17.0 Å². The van der Waals surface area contributed by atoms with Crippen LogP contribution >= 0.6 is 11.6 Å². The van der Waals surface area contributed by atoms with E-state index in [1.807, 2.05) is 56.0 Å². The fraction of sp³-hybridized carbons (Fsp3) is 0.486. The molecule has 7 rings (SSSR count). The maximum absolute atomic E-state index is 16.7. The quantitative estimate of drug-likeness (QED) is 0.241. The Bertz CT molecular complexity index is 1790. The summed E-state index contributed by atoms with van der Waals surface area (Å²) in [4.78, 5) is 31.2. The van der Waals surface area contributed by atoms with Gasteiger partial charge in [0.05, 0.1) is 23.0 Å². The highest BCUT2D eigenvalue weighted by molar-refractivity contribution is 6.36. The van der Waals surface area contributed by atoms with E-state index in [0.717, 1.165) is 55.7 Å². The van der Waals surface area contributed by atoms with Gasteiger partial charge in [-0.25, -0.2) is 9.18 Å². The van der Waals surface area contributed by atoms with Crippen molar-refractivity contribution in [2.45, 2.75) is 88.9 Å². The molecule has 4 aromatic rings. The second-order valence-corrected chi connectivity index (χ2v) is 14.5. The highest BCUT2D eigenvalue weighted by Crippen LogP contribution is 2.40. The Morgan fingerprint density at radius 3 is 2.46 bits per heavy atom. The van der Waals surface area contributed by atoms with Gasteiger partial charge in [-0.1, -0.05) is 61.2 Å². The molecule has 9 nitrogen and oxygen atoms in total. The Hall–Kier alpha value is -3.76. The van der Waals surface area contributed by atoms with Crippen molar-refractivity contribution in [2.24, 2.45) is 5.73 Å². The van der Waals surface area contributed by atoms with E-state index in [2.05, 4.69) is 14.9 Å². The first kappa shape index (κ1) is 30.9. The van der Waals surface area contributed by atoms with Crippen molar-refractivity contribution in [1.82, 2.24) is 19.9 Å². The third-order valence-corrected chi connectivity index (χ3v) is 9.79. The molecule has 0 unspecified atom stereocenters. The van der Waals surface area contributed by atoms with Crippen molar-refractivity contribution in [3.63, 3.8) is 0 Å². The number of carbonyl (C=O) groups is 1. The van der Waals surface area contributed by atoms with E-state index in [1.54, 1.807) is 12.3 Å². The Morgan fingerprint density at radius 2 is 1.76 bits per heavy atom. The molecule has 2 N–H and O–H groups in total. The number of ether oxygens (including phenoxy) is 2. The van der Waals surface area contributed by atoms with Crippen molar-refractivity contribution in [3.05, 3.63) is 53.4 Å². The molecule has 11 heteroatoms. The predicted octanol–water partition coefficient (Wildman–Crippen LogP) is 7.27. The topological polar surface area (TPSA) is 107 Å². The number of carbonyl (C=O) groups excluding carboxylic acids is 1. The van der Waals surface area contributed by atoms with Gasteiger partial charge < -0.3 is 20.1 Å². The largest absolute Gasteiger partial charge is 0.461 e. The highest BCUT2D eigenvalue weighted by atomic mass is 35.5. The lowest BCUT2D eigenvalue weighted by Gasteiger charge is -2.42. The van der Waals surface area contributed by atoms with Crippen molar-refractivity contribution in [1.29, 1.82) is 0 Å². The molecular weight excluding hydrogens is 607 g/mol. The molecule has 2 atom stereocenters. The summed E-state index contributed by atoms with van der Waals surface area (Å²) >= 11 is 6.61. The lowest BCUT2D eigenvalue weighted by molar-refractivity contribution is 0.0122. The number of fused-ring (bicyclic) bond motifs is 4. The standard InChI is InChI=1S/C35H40ClFN6O3/c1-34(2,3)46-33(44)43-22-13-14-23(43)19-42(18-22)31-25-17-39-29(24-11-7-9-21-10-8-12-26(36)27(21)24)28(37)30(25)40-32(41-31)45-20-35(38)15-5-4-6-16-35/h7-12,17,22-23H,4-6,13-16,18-20,38H2,1-3H3/t22-,23+. The monoisotopic (exact) mass is 646 g/mol. The van der Waals surface area contributed by atoms with Gasteiger partial charge in [0.2, 0.25) is 0 Å². The Balaban J connectivity index is 1.29. The van der Waals surface area contributed by atoms with Gasteiger partial charge in [0, 0.05) is 35.3 Å². The third-order valence-electron chi connectivity index (χ3n) is 9.48. The van der Waals surface area contributed by atoms with Crippen molar-refractivity contribution < 1.29 is 18.7 Å². The summed E-state index contributed by atoms with van der Waals surface area (Å²) in [6.07, 6.45) is 7.99. The summed E-state index contributed by atoms with van der Waals surface area (Å²) in [5.74, 6) is -0.0433. The van der Waals surface area contributed by atoms with Crippen LogP contribution in [0.4, 0.5) is 15.0 Å². The summed E-state index contributed by atoms with van der Waals surface area (Å²) in [5, 5.41) is 2.60. The number of anilines is 1. The smallest absolute Gasteiger partial charge is 0.410 e. The summed E-state index contributed by atoms with van der Waals surface area (Å²) in [5.41, 5.74) is 6.48. The third kappa shape index (κ3) is 5.81. The molecule has 2 aromatic carbocycles. The molecular formula is C35H40ClFN6O3. The Morgan fingerprint density at radius 1 is 1.07 bits per heavy atom. The average Bonchev–Trinajstić information content (AvgIpc) is 3.29. The van der Waals surface area contributed by atoms with Crippen LogP contribution in [0, 0.1) is 5.82 Å². The molecule has 46 heavy (non-hydrogen) atoms. The number of pyridine rings is 1. The van der Waals surface area contributed by atoms with E-state index in [4.69, 9.17) is 31.8 Å². The molecule has 2 aromatic heterocycles. The number of amides is 1. The van der Waals surface area contributed by atoms with Gasteiger partial charge in [0.25, 0.3) is 0 Å². The molecule has 2 aliphatic heterocycles. The summed E-state index contributed by atoms with van der Waals surface area (Å²) in [6, 6.07) is 11.2. The molecule has 1 saturated carbocycles. The SMILES string of the molecule is CC(C)(C)OC(=O)N1[C@@H]2CC[C@H]1CN(c1nc(OCC3(N)CCCCC3)nc3c(F)c(-c4cccc5cccc(Cl)c45)ncc13)C2. The second kappa shape index (κ2) is 11.8. The zero-order valence-electron chi connectivity index (χ0n) is 26.6. The maximum atomic E-state index is 16.7. The van der Waals surface area contributed by atoms with Crippen LogP contribution in [0.1, 0.15) is 65.7 Å². The van der Waals surface area contributed by atoms with Crippen molar-refractivity contribution >= 4 is 45.2 Å². The van der Waals surface area contributed by atoms with E-state index >= 15 is 4.39 Å². The molecule has 242 valence electrons. The van der Waals surface area contributed by atoms with Crippen LogP contribution in [-0.4, -0.2) is 68.9 Å². The first-order chi connectivity index (χ1) is 22.0. The number of benzene rings is 2. The van der Waals surface area contributed by atoms with E-state index in [9.17, 15) is 4.79 Å². The van der Waals surface area contributed by atoms with Crippen LogP contribution in [0.5, 0.6) is 6.01 Å². The lowest BCUT2D eigenvalue weighted by Crippen LogP contribution is -2.57. The van der Waals surface area contributed by atoms with Gasteiger partial charge in [0.1, 0.15) is 29.2 Å². The van der Waals surface area contributed by atoms with Gasteiger partial charge in [-0.15, -0.1) is 0 Å². The Kier molecular flexibility index (Phi) is 7.92. The van der Waals surface area contributed by atoms with Crippen LogP contribution in [0.2, 0.25) is 5.02 Å². The Labute approximate surface area is 273 Å². The molecule has 0 radical (unpaired) electrons. The molecule has 2 bridgehead atoms. The number of hydrogen-bond donors (Lipinski definition) is 1. The lowest BCUT2D eigenvalue weighted by atomic mass is 9.83. The first-order valence-electron chi connectivity index (χ1n) is 16.2. The minimum atomic E-state index is -0.587. The van der Waals surface area contributed by atoms with Crippen LogP contribution in [0.25, 0.3) is 32.9 Å². The van der Waals surface area contributed by atoms with E-state index in [1.165, 1.54) is 0 Å². The fourth-order valence-corrected chi connectivity index (χ4v) is 7.59. The highest BCUT2D eigenvalue weighted by Gasteiger charge is 2.45. The van der Waals surface area contributed by atoms with E-state index in [-0.39, 0.29) is 42.0 Å². The number of halogens is 2.